The summed E-state index contributed by atoms with van der Waals surface area (Å²) in [6.07, 6.45) is -3.00. The average molecular weight is 357 g/mol. The number of aromatic nitrogens is 1. The second-order valence-corrected chi connectivity index (χ2v) is 6.65. The normalized spacial score (nSPS) is 15.4. The molecule has 3 unspecified atom stereocenters. The summed E-state index contributed by atoms with van der Waals surface area (Å²) in [6, 6.07) is 14.9. The van der Waals surface area contributed by atoms with Crippen molar-refractivity contribution >= 4 is 21.8 Å². The molecule has 3 atom stereocenters. The molecule has 0 fully saturated rings. The number of rotatable bonds is 8. The van der Waals surface area contributed by atoms with Gasteiger partial charge in [-0.25, -0.2) is 0 Å². The van der Waals surface area contributed by atoms with Gasteiger partial charge in [-0.2, -0.15) is 0 Å². The van der Waals surface area contributed by atoms with Crippen LogP contribution < -0.4 is 11.1 Å². The quantitative estimate of drug-likeness (QED) is 0.361. The van der Waals surface area contributed by atoms with Crippen molar-refractivity contribution in [1.82, 2.24) is 9.88 Å². The minimum absolute atomic E-state index is 0.405. The van der Waals surface area contributed by atoms with Crippen LogP contribution in [0.5, 0.6) is 0 Å². The van der Waals surface area contributed by atoms with E-state index >= 15 is 0 Å². The van der Waals surface area contributed by atoms with Crippen molar-refractivity contribution in [2.24, 2.45) is 5.73 Å². The smallest absolute Gasteiger partial charge is 0.131 e. The number of aryl methyl sites for hydroxylation is 1. The number of hydrogen-bond donors (Lipinski definition) is 4. The number of benzene rings is 2. The summed E-state index contributed by atoms with van der Waals surface area (Å²) < 4.78 is 7.51. The van der Waals surface area contributed by atoms with E-state index in [1.165, 1.54) is 34.5 Å². The van der Waals surface area contributed by atoms with Crippen LogP contribution in [0.15, 0.2) is 42.5 Å². The van der Waals surface area contributed by atoms with Crippen LogP contribution >= 0.6 is 0 Å². The van der Waals surface area contributed by atoms with Gasteiger partial charge in [0, 0.05) is 48.5 Å². The first-order valence-corrected chi connectivity index (χ1v) is 8.85. The maximum absolute atomic E-state index is 9.84. The Morgan fingerprint density at radius 2 is 1.85 bits per heavy atom. The summed E-state index contributed by atoms with van der Waals surface area (Å²) >= 11 is 0. The number of aliphatic hydroxyl groups excluding tert-OH is 2. The highest BCUT2D eigenvalue weighted by Crippen LogP contribution is 2.29. The van der Waals surface area contributed by atoms with Crippen molar-refractivity contribution in [1.29, 1.82) is 0 Å². The van der Waals surface area contributed by atoms with E-state index in [1.54, 1.807) is 0 Å². The molecule has 0 spiro atoms. The first kappa shape index (κ1) is 18.8. The van der Waals surface area contributed by atoms with E-state index in [4.69, 9.17) is 10.5 Å². The third kappa shape index (κ3) is 3.75. The Morgan fingerprint density at radius 1 is 1.12 bits per heavy atom. The molecule has 3 rings (SSSR count). The predicted molar refractivity (Wildman–Crippen MR) is 104 cm³/mol. The van der Waals surface area contributed by atoms with Gasteiger partial charge < -0.3 is 30.6 Å². The lowest BCUT2D eigenvalue weighted by atomic mass is 10.1. The Kier molecular flexibility index (Phi) is 5.90. The van der Waals surface area contributed by atoms with Crippen LogP contribution in [-0.4, -0.2) is 53.4 Å². The zero-order valence-corrected chi connectivity index (χ0v) is 15.2. The van der Waals surface area contributed by atoms with E-state index in [2.05, 4.69) is 59.3 Å². The minimum Gasteiger partial charge on any atom is -0.386 e. The molecule has 0 saturated carbocycles. The lowest BCUT2D eigenvalue weighted by Crippen LogP contribution is -2.48. The topological polar surface area (TPSA) is 92.7 Å². The molecular weight excluding hydrogens is 330 g/mol. The van der Waals surface area contributed by atoms with Crippen LogP contribution in [0.3, 0.4) is 0 Å². The number of para-hydroxylation sites is 1. The standard InChI is InChI=1S/C20H27N3O3/c1-13-7-8-15-14-5-3-4-6-16(14)23(17(15)11-13)10-9-22-12-18(26-2)19(24)20(21)25/h3-8,11,18-20,22,24-25H,9-10,12,21H2,1-2H3. The molecule has 0 radical (unpaired) electrons. The predicted octanol–water partition coefficient (Wildman–Crippen LogP) is 1.35. The van der Waals surface area contributed by atoms with Crippen LogP contribution in [0.2, 0.25) is 0 Å². The first-order chi connectivity index (χ1) is 12.5. The molecule has 0 aliphatic rings. The maximum Gasteiger partial charge on any atom is 0.131 e. The highest BCUT2D eigenvalue weighted by atomic mass is 16.5. The zero-order valence-electron chi connectivity index (χ0n) is 15.2. The SMILES string of the molecule is COC(CNCCn1c2ccccc2c2ccc(C)cc21)C(O)C(N)O. The van der Waals surface area contributed by atoms with Gasteiger partial charge in [-0.1, -0.05) is 30.3 Å². The number of nitrogens with two attached hydrogens (primary N) is 1. The van der Waals surface area contributed by atoms with Crippen LogP contribution in [0, 0.1) is 6.92 Å². The van der Waals surface area contributed by atoms with Crippen LogP contribution in [0.4, 0.5) is 0 Å². The molecule has 0 amide bonds. The van der Waals surface area contributed by atoms with E-state index in [0.29, 0.717) is 13.1 Å². The van der Waals surface area contributed by atoms with Gasteiger partial charge in [0.1, 0.15) is 12.3 Å². The Balaban J connectivity index is 1.75. The Labute approximate surface area is 153 Å². The van der Waals surface area contributed by atoms with Gasteiger partial charge in [-0.05, 0) is 24.6 Å². The molecule has 1 aromatic heterocycles. The first-order valence-electron chi connectivity index (χ1n) is 8.85. The number of fused-ring (bicyclic) bond motifs is 3. The second-order valence-electron chi connectivity index (χ2n) is 6.65. The molecule has 1 heterocycles. The highest BCUT2D eigenvalue weighted by Gasteiger charge is 2.23. The lowest BCUT2D eigenvalue weighted by molar-refractivity contribution is -0.0715. The molecule has 26 heavy (non-hydrogen) atoms. The van der Waals surface area contributed by atoms with Crippen LogP contribution in [0.25, 0.3) is 21.8 Å². The van der Waals surface area contributed by atoms with Gasteiger partial charge in [-0.15, -0.1) is 0 Å². The zero-order chi connectivity index (χ0) is 18.7. The van der Waals surface area contributed by atoms with Crippen LogP contribution in [0.1, 0.15) is 5.56 Å². The fourth-order valence-electron chi connectivity index (χ4n) is 3.40. The van der Waals surface area contributed by atoms with E-state index in [-0.39, 0.29) is 0 Å². The van der Waals surface area contributed by atoms with Gasteiger partial charge >= 0.3 is 0 Å². The monoisotopic (exact) mass is 357 g/mol. The Morgan fingerprint density at radius 3 is 2.58 bits per heavy atom. The number of nitrogens with zero attached hydrogens (tertiary/aromatic N) is 1. The van der Waals surface area contributed by atoms with E-state index in [1.807, 2.05) is 0 Å². The molecule has 5 N–H and O–H groups in total. The summed E-state index contributed by atoms with van der Waals surface area (Å²) in [6.45, 7) is 3.99. The number of hydrogen-bond acceptors (Lipinski definition) is 5. The second kappa shape index (κ2) is 8.16. The number of methoxy groups -OCH3 is 1. The van der Waals surface area contributed by atoms with Crippen molar-refractivity contribution in [2.45, 2.75) is 31.9 Å². The molecular formula is C20H27N3O3. The lowest BCUT2D eigenvalue weighted by Gasteiger charge is -2.23. The van der Waals surface area contributed by atoms with Gasteiger partial charge in [0.2, 0.25) is 0 Å². The molecule has 140 valence electrons. The summed E-state index contributed by atoms with van der Waals surface area (Å²) in [4.78, 5) is 0. The summed E-state index contributed by atoms with van der Waals surface area (Å²) in [7, 11) is 1.49. The molecule has 0 aliphatic carbocycles. The third-order valence-electron chi connectivity index (χ3n) is 4.82. The Bertz CT molecular complexity index is 875. The largest absolute Gasteiger partial charge is 0.386 e. The Hall–Kier alpha value is -1.96. The number of aliphatic hydroxyl groups is 2. The van der Waals surface area contributed by atoms with Gasteiger partial charge in [0.15, 0.2) is 0 Å². The fraction of sp³-hybridized carbons (Fsp3) is 0.400. The maximum atomic E-state index is 9.84. The van der Waals surface area contributed by atoms with E-state index in [9.17, 15) is 10.2 Å². The van der Waals surface area contributed by atoms with E-state index in [0.717, 1.165) is 6.54 Å². The molecule has 6 nitrogen and oxygen atoms in total. The summed E-state index contributed by atoms with van der Waals surface area (Å²) in [5.74, 6) is 0. The van der Waals surface area contributed by atoms with Crippen LogP contribution in [-0.2, 0) is 11.3 Å². The van der Waals surface area contributed by atoms with Gasteiger partial charge in [0.25, 0.3) is 0 Å². The van der Waals surface area contributed by atoms with Crippen molar-refractivity contribution in [3.8, 4) is 0 Å². The molecule has 0 aliphatic heterocycles. The summed E-state index contributed by atoms with van der Waals surface area (Å²) in [5.41, 5.74) is 8.98. The van der Waals surface area contributed by atoms with Gasteiger partial charge in [0.05, 0.1) is 6.10 Å². The molecule has 6 heteroatoms. The van der Waals surface area contributed by atoms with Crippen molar-refractivity contribution < 1.29 is 14.9 Å². The molecule has 3 aromatic rings. The minimum atomic E-state index is -1.32. The third-order valence-corrected chi connectivity index (χ3v) is 4.82. The van der Waals surface area contributed by atoms with Crippen molar-refractivity contribution in [3.63, 3.8) is 0 Å². The van der Waals surface area contributed by atoms with Crippen molar-refractivity contribution in [2.75, 3.05) is 20.2 Å². The molecule has 0 saturated heterocycles. The van der Waals surface area contributed by atoms with E-state index < -0.39 is 18.4 Å². The number of ether oxygens (including phenoxy) is 1. The van der Waals surface area contributed by atoms with Crippen molar-refractivity contribution in [3.05, 3.63) is 48.0 Å². The molecule has 0 bridgehead atoms. The highest BCUT2D eigenvalue weighted by molar-refractivity contribution is 6.08. The average Bonchev–Trinajstić information content (AvgIpc) is 2.94. The molecule has 2 aromatic carbocycles. The number of nitrogens with one attached hydrogen (secondary N) is 1. The fourth-order valence-corrected chi connectivity index (χ4v) is 3.40. The summed E-state index contributed by atoms with van der Waals surface area (Å²) in [5, 5.41) is 24.9. The van der Waals surface area contributed by atoms with Gasteiger partial charge in [-0.3, -0.25) is 0 Å².